The Morgan fingerprint density at radius 2 is 0.724 bits per heavy atom. The summed E-state index contributed by atoms with van der Waals surface area (Å²) in [7, 11) is 6.45. The van der Waals surface area contributed by atoms with Crippen LogP contribution in [0, 0.1) is 0 Å². The van der Waals surface area contributed by atoms with Crippen molar-refractivity contribution in [3.8, 4) is 45.5 Å². The number of benzene rings is 3. The summed E-state index contributed by atoms with van der Waals surface area (Å²) in [6.07, 6.45) is 0. The second-order valence-corrected chi connectivity index (χ2v) is 12.4. The van der Waals surface area contributed by atoms with Crippen LogP contribution in [0.3, 0.4) is 0 Å². The summed E-state index contributed by atoms with van der Waals surface area (Å²) in [6.45, 7) is 5.00. The van der Waals surface area contributed by atoms with Crippen molar-refractivity contribution in [1.82, 2.24) is 9.97 Å². The Hall–Kier alpha value is -4.68. The highest BCUT2D eigenvalue weighted by Crippen LogP contribution is 2.41. The number of methoxy groups -OCH3 is 4. The number of hydrogen-bond donors (Lipinski definition) is 0. The molecule has 2 heterocycles. The summed E-state index contributed by atoms with van der Waals surface area (Å²) in [5, 5.41) is 1.80. The summed E-state index contributed by atoms with van der Waals surface area (Å²) in [6, 6.07) is 23.2. The van der Waals surface area contributed by atoms with Crippen LogP contribution in [0.4, 0.5) is 0 Å². The number of rotatable bonds is 30. The minimum Gasteiger partial charge on any atom is -0.490 e. The zero-order chi connectivity index (χ0) is 40.6. The molecule has 0 bridgehead atoms. The van der Waals surface area contributed by atoms with Crippen molar-refractivity contribution in [2.45, 2.75) is 0 Å². The van der Waals surface area contributed by atoms with Gasteiger partial charge in [0.05, 0.1) is 93.0 Å². The molecule has 3 aromatic carbocycles. The van der Waals surface area contributed by atoms with Crippen molar-refractivity contribution in [3.63, 3.8) is 0 Å². The Balaban J connectivity index is 1.51. The van der Waals surface area contributed by atoms with Gasteiger partial charge in [-0.3, -0.25) is 0 Å². The van der Waals surface area contributed by atoms with Gasteiger partial charge < -0.3 is 61.6 Å². The molecular weight excluding hydrogens is 752 g/mol. The first-order chi connectivity index (χ1) is 28.7. The Morgan fingerprint density at radius 1 is 0.345 bits per heavy atom. The highest BCUT2D eigenvalue weighted by atomic mass is 16.8. The highest BCUT2D eigenvalue weighted by molar-refractivity contribution is 6.04. The second kappa shape index (κ2) is 25.6. The Bertz CT molecular complexity index is 1740. The third kappa shape index (κ3) is 13.4. The van der Waals surface area contributed by atoms with E-state index in [0.717, 1.165) is 10.8 Å². The first-order valence-corrected chi connectivity index (χ1v) is 19.0. The van der Waals surface area contributed by atoms with Gasteiger partial charge in [0.2, 0.25) is 0 Å². The molecule has 0 aliphatic heterocycles. The fourth-order valence-corrected chi connectivity index (χ4v) is 5.73. The summed E-state index contributed by atoms with van der Waals surface area (Å²) in [5.41, 5.74) is 3.97. The van der Waals surface area contributed by atoms with Crippen LogP contribution >= 0.6 is 0 Å². The lowest BCUT2D eigenvalue weighted by Crippen LogP contribution is -2.12. The smallest absolute Gasteiger partial charge is 0.191 e. The van der Waals surface area contributed by atoms with E-state index in [1.54, 1.807) is 28.4 Å². The molecule has 0 aliphatic rings. The van der Waals surface area contributed by atoms with Gasteiger partial charge in [-0.15, -0.1) is 0 Å². The van der Waals surface area contributed by atoms with Gasteiger partial charge in [-0.25, -0.2) is 9.97 Å². The van der Waals surface area contributed by atoms with Gasteiger partial charge in [0.15, 0.2) is 13.6 Å². The normalized spacial score (nSPS) is 11.4. The molecular formula is C43H54N2O13. The molecule has 0 atom stereocenters. The Labute approximate surface area is 339 Å². The van der Waals surface area contributed by atoms with Crippen LogP contribution in [0.25, 0.3) is 44.3 Å². The molecule has 0 saturated carbocycles. The molecule has 2 aromatic heterocycles. The SMILES string of the molecule is COCCOCCOc1cccc(OCCOCCOC)c1-c1ccc2ccc3ccc(-c4c(OCCOCCOC)cccc4OCOCOCOC)nc3c2n1. The van der Waals surface area contributed by atoms with E-state index >= 15 is 0 Å². The predicted molar refractivity (Wildman–Crippen MR) is 217 cm³/mol. The Morgan fingerprint density at radius 3 is 1.14 bits per heavy atom. The minimum atomic E-state index is -0.0772. The molecule has 15 nitrogen and oxygen atoms in total. The van der Waals surface area contributed by atoms with E-state index in [0.29, 0.717) is 136 Å². The van der Waals surface area contributed by atoms with Crippen LogP contribution < -0.4 is 18.9 Å². The van der Waals surface area contributed by atoms with Crippen LogP contribution in [-0.4, -0.2) is 138 Å². The number of ether oxygens (including phenoxy) is 13. The van der Waals surface area contributed by atoms with Gasteiger partial charge in [0.25, 0.3) is 0 Å². The van der Waals surface area contributed by atoms with Crippen molar-refractivity contribution in [2.75, 3.05) is 128 Å². The molecule has 0 amide bonds. The third-order valence-corrected chi connectivity index (χ3v) is 8.42. The average Bonchev–Trinajstić information content (AvgIpc) is 3.25. The van der Waals surface area contributed by atoms with Crippen molar-refractivity contribution in [2.24, 2.45) is 0 Å². The third-order valence-electron chi connectivity index (χ3n) is 8.42. The lowest BCUT2D eigenvalue weighted by Gasteiger charge is -2.18. The average molecular weight is 807 g/mol. The van der Waals surface area contributed by atoms with Crippen molar-refractivity contribution < 1.29 is 61.6 Å². The van der Waals surface area contributed by atoms with Gasteiger partial charge in [-0.2, -0.15) is 0 Å². The summed E-state index contributed by atoms with van der Waals surface area (Å²) in [5.74, 6) is 2.27. The molecule has 0 fully saturated rings. The quantitative estimate of drug-likeness (QED) is 0.0296. The van der Waals surface area contributed by atoms with E-state index in [4.69, 9.17) is 71.5 Å². The number of hydrogen-bond acceptors (Lipinski definition) is 15. The van der Waals surface area contributed by atoms with Gasteiger partial charge in [-0.05, 0) is 36.4 Å². The van der Waals surface area contributed by atoms with Crippen LogP contribution in [0.1, 0.15) is 0 Å². The molecule has 58 heavy (non-hydrogen) atoms. The number of pyridine rings is 2. The second-order valence-electron chi connectivity index (χ2n) is 12.4. The maximum Gasteiger partial charge on any atom is 0.191 e. The molecule has 15 heteroatoms. The van der Waals surface area contributed by atoms with E-state index in [1.165, 1.54) is 0 Å². The number of nitrogens with zero attached hydrogens (tertiary/aromatic N) is 2. The fourth-order valence-electron chi connectivity index (χ4n) is 5.73. The van der Waals surface area contributed by atoms with Crippen LogP contribution in [-0.2, 0) is 42.6 Å². The van der Waals surface area contributed by atoms with Crippen LogP contribution in [0.2, 0.25) is 0 Å². The Kier molecular flexibility index (Phi) is 19.6. The van der Waals surface area contributed by atoms with Gasteiger partial charge in [0.1, 0.15) is 49.6 Å². The molecule has 0 saturated heterocycles. The maximum atomic E-state index is 6.28. The van der Waals surface area contributed by atoms with E-state index in [-0.39, 0.29) is 20.4 Å². The monoisotopic (exact) mass is 806 g/mol. The molecule has 314 valence electrons. The van der Waals surface area contributed by atoms with E-state index in [9.17, 15) is 0 Å². The molecule has 0 aliphatic carbocycles. The van der Waals surface area contributed by atoms with Gasteiger partial charge in [0, 0.05) is 39.2 Å². The maximum absolute atomic E-state index is 6.28. The zero-order valence-electron chi connectivity index (χ0n) is 33.7. The lowest BCUT2D eigenvalue weighted by molar-refractivity contribution is -0.144. The van der Waals surface area contributed by atoms with Gasteiger partial charge >= 0.3 is 0 Å². The molecule has 0 spiro atoms. The first-order valence-electron chi connectivity index (χ1n) is 19.0. The predicted octanol–water partition coefficient (Wildman–Crippen LogP) is 6.17. The summed E-state index contributed by atoms with van der Waals surface area (Å²) < 4.78 is 72.8. The van der Waals surface area contributed by atoms with Crippen molar-refractivity contribution >= 4 is 21.8 Å². The molecule has 0 N–H and O–H groups in total. The van der Waals surface area contributed by atoms with Crippen LogP contribution in [0.15, 0.2) is 72.8 Å². The van der Waals surface area contributed by atoms with E-state index in [2.05, 4.69) is 0 Å². The molecule has 0 unspecified atom stereocenters. The molecule has 5 aromatic rings. The minimum absolute atomic E-state index is 0.00233. The van der Waals surface area contributed by atoms with Crippen molar-refractivity contribution in [1.29, 1.82) is 0 Å². The molecule has 5 rings (SSSR count). The van der Waals surface area contributed by atoms with E-state index < -0.39 is 0 Å². The standard InChI is InChI=1S/C43H54N2O13/c1-46-17-20-50-23-26-55-36-7-5-8-37(56-27-24-51-21-18-47-2)40(36)34-15-13-32-11-12-33-14-16-35(45-43(33)42(32)44-34)41-38(57-28-25-52-22-19-48-3)9-6-10-39(41)58-31-54-30-53-29-49-4/h5-16H,17-31H2,1-4H3. The van der Waals surface area contributed by atoms with Gasteiger partial charge in [-0.1, -0.05) is 36.4 Å². The van der Waals surface area contributed by atoms with Crippen LogP contribution in [0.5, 0.6) is 23.0 Å². The first kappa shape index (κ1) is 44.4. The summed E-state index contributed by atoms with van der Waals surface area (Å²) >= 11 is 0. The van der Waals surface area contributed by atoms with E-state index in [1.807, 2.05) is 72.8 Å². The number of aromatic nitrogens is 2. The highest BCUT2D eigenvalue weighted by Gasteiger charge is 2.19. The topological polar surface area (TPSA) is 146 Å². The largest absolute Gasteiger partial charge is 0.490 e. The molecule has 0 radical (unpaired) electrons. The zero-order valence-corrected chi connectivity index (χ0v) is 33.7. The summed E-state index contributed by atoms with van der Waals surface area (Å²) in [4.78, 5) is 10.4. The number of fused-ring (bicyclic) bond motifs is 3. The lowest BCUT2D eigenvalue weighted by atomic mass is 10.0. The van der Waals surface area contributed by atoms with Crippen molar-refractivity contribution in [3.05, 3.63) is 72.8 Å². The fraction of sp³-hybridized carbons (Fsp3) is 0.442.